The maximum atomic E-state index is 12.1. The van der Waals surface area contributed by atoms with Crippen LogP contribution in [0.15, 0.2) is 24.3 Å². The van der Waals surface area contributed by atoms with Crippen molar-refractivity contribution in [3.8, 4) is 11.8 Å². The zero-order chi connectivity index (χ0) is 15.2. The highest BCUT2D eigenvalue weighted by atomic mass is 16.2. The molecule has 0 spiro atoms. The fourth-order valence-corrected chi connectivity index (χ4v) is 1.78. The van der Waals surface area contributed by atoms with Crippen molar-refractivity contribution in [1.82, 2.24) is 10.6 Å². The van der Waals surface area contributed by atoms with Crippen LogP contribution in [0.4, 0.5) is 0 Å². The lowest BCUT2D eigenvalue weighted by Crippen LogP contribution is -2.45. The first-order valence-corrected chi connectivity index (χ1v) is 6.91. The Morgan fingerprint density at radius 2 is 2.19 bits per heavy atom. The van der Waals surface area contributed by atoms with E-state index in [1.807, 2.05) is 0 Å². The summed E-state index contributed by atoms with van der Waals surface area (Å²) >= 11 is 0. The Morgan fingerprint density at radius 3 is 2.86 bits per heavy atom. The molecule has 0 aromatic heterocycles. The summed E-state index contributed by atoms with van der Waals surface area (Å²) in [6, 6.07) is 6.45. The minimum atomic E-state index is -0.578. The van der Waals surface area contributed by atoms with Gasteiger partial charge in [-0.2, -0.15) is 0 Å². The molecule has 1 aliphatic rings. The Hall–Kier alpha value is -2.32. The topological polar surface area (TPSA) is 78.4 Å². The van der Waals surface area contributed by atoms with Crippen molar-refractivity contribution in [2.75, 3.05) is 6.61 Å². The van der Waals surface area contributed by atoms with Gasteiger partial charge in [-0.3, -0.25) is 9.59 Å². The molecule has 1 saturated carbocycles. The van der Waals surface area contributed by atoms with Gasteiger partial charge >= 0.3 is 0 Å². The van der Waals surface area contributed by atoms with Gasteiger partial charge in [0.1, 0.15) is 12.6 Å². The number of carbonyl (C=O) groups is 2. The predicted molar refractivity (Wildman–Crippen MR) is 78.5 cm³/mol. The molecular formula is C16H18N2O3. The van der Waals surface area contributed by atoms with E-state index in [-0.39, 0.29) is 24.5 Å². The van der Waals surface area contributed by atoms with Crippen LogP contribution in [0, 0.1) is 11.8 Å². The number of hydrogen-bond acceptors (Lipinski definition) is 3. The van der Waals surface area contributed by atoms with Gasteiger partial charge in [0.05, 0.1) is 0 Å². The third kappa shape index (κ3) is 4.62. The SMILES string of the molecule is CC(NC(=O)c1cccc(C#CCO)c1)C(=O)NC1CC1. The minimum absolute atomic E-state index is 0.165. The molecular weight excluding hydrogens is 268 g/mol. The number of nitrogens with one attached hydrogen (secondary N) is 2. The zero-order valence-electron chi connectivity index (χ0n) is 11.8. The highest BCUT2D eigenvalue weighted by Crippen LogP contribution is 2.18. The van der Waals surface area contributed by atoms with Crippen molar-refractivity contribution in [3.63, 3.8) is 0 Å². The molecule has 0 bridgehead atoms. The molecule has 1 aromatic carbocycles. The van der Waals surface area contributed by atoms with Crippen LogP contribution < -0.4 is 10.6 Å². The Labute approximate surface area is 123 Å². The van der Waals surface area contributed by atoms with Crippen LogP contribution in [0.1, 0.15) is 35.7 Å². The van der Waals surface area contributed by atoms with Gasteiger partial charge in [0.2, 0.25) is 5.91 Å². The van der Waals surface area contributed by atoms with Crippen LogP contribution in [-0.4, -0.2) is 35.6 Å². The molecule has 5 heteroatoms. The van der Waals surface area contributed by atoms with E-state index in [1.165, 1.54) is 0 Å². The Bertz CT molecular complexity index is 597. The van der Waals surface area contributed by atoms with E-state index >= 15 is 0 Å². The molecule has 3 N–H and O–H groups in total. The highest BCUT2D eigenvalue weighted by molar-refractivity contribution is 5.97. The molecule has 0 saturated heterocycles. The van der Waals surface area contributed by atoms with Gasteiger partial charge in [-0.05, 0) is 38.0 Å². The van der Waals surface area contributed by atoms with Gasteiger partial charge in [0.25, 0.3) is 5.91 Å². The molecule has 1 aromatic rings. The van der Waals surface area contributed by atoms with E-state index in [2.05, 4.69) is 22.5 Å². The zero-order valence-corrected chi connectivity index (χ0v) is 11.8. The summed E-state index contributed by atoms with van der Waals surface area (Å²) in [5, 5.41) is 14.2. The van der Waals surface area contributed by atoms with Crippen LogP contribution in [-0.2, 0) is 4.79 Å². The second-order valence-corrected chi connectivity index (χ2v) is 5.02. The van der Waals surface area contributed by atoms with Crippen LogP contribution in [0.5, 0.6) is 0 Å². The van der Waals surface area contributed by atoms with E-state index in [9.17, 15) is 9.59 Å². The fourth-order valence-electron chi connectivity index (χ4n) is 1.78. The minimum Gasteiger partial charge on any atom is -0.384 e. The third-order valence-corrected chi connectivity index (χ3v) is 3.10. The van der Waals surface area contributed by atoms with Gasteiger partial charge in [0.15, 0.2) is 0 Å². The molecule has 2 amide bonds. The van der Waals surface area contributed by atoms with Crippen molar-refractivity contribution in [3.05, 3.63) is 35.4 Å². The lowest BCUT2D eigenvalue weighted by molar-refractivity contribution is -0.122. The van der Waals surface area contributed by atoms with E-state index in [0.29, 0.717) is 11.1 Å². The number of aliphatic hydroxyl groups is 1. The smallest absolute Gasteiger partial charge is 0.251 e. The predicted octanol–water partition coefficient (Wildman–Crippen LogP) is 0.427. The lowest BCUT2D eigenvalue weighted by atomic mass is 10.1. The third-order valence-electron chi connectivity index (χ3n) is 3.10. The molecule has 0 radical (unpaired) electrons. The maximum absolute atomic E-state index is 12.1. The standard InChI is InChI=1S/C16H18N2O3/c1-11(15(20)18-14-7-8-14)17-16(21)13-6-2-4-12(10-13)5-3-9-19/h2,4,6,10-11,14,19H,7-9H2,1H3,(H,17,21)(H,18,20). The first-order valence-electron chi connectivity index (χ1n) is 6.91. The maximum Gasteiger partial charge on any atom is 0.251 e. The molecule has 5 nitrogen and oxygen atoms in total. The van der Waals surface area contributed by atoms with Crippen LogP contribution >= 0.6 is 0 Å². The van der Waals surface area contributed by atoms with Crippen molar-refractivity contribution in [2.45, 2.75) is 31.8 Å². The largest absolute Gasteiger partial charge is 0.384 e. The molecule has 21 heavy (non-hydrogen) atoms. The van der Waals surface area contributed by atoms with Crippen LogP contribution in [0.3, 0.4) is 0 Å². The number of hydrogen-bond donors (Lipinski definition) is 3. The first-order chi connectivity index (χ1) is 10.1. The second kappa shape index (κ2) is 6.91. The normalized spacial score (nSPS) is 14.6. The van der Waals surface area contributed by atoms with Gasteiger partial charge in [0, 0.05) is 17.2 Å². The van der Waals surface area contributed by atoms with E-state index in [4.69, 9.17) is 5.11 Å². The van der Waals surface area contributed by atoms with Crippen LogP contribution in [0.2, 0.25) is 0 Å². The summed E-state index contributed by atoms with van der Waals surface area (Å²) < 4.78 is 0. The van der Waals surface area contributed by atoms with Crippen molar-refractivity contribution in [2.24, 2.45) is 0 Å². The fraction of sp³-hybridized carbons (Fsp3) is 0.375. The number of aliphatic hydroxyl groups excluding tert-OH is 1. The van der Waals surface area contributed by atoms with Gasteiger partial charge in [-0.15, -0.1) is 0 Å². The molecule has 2 rings (SSSR count). The van der Waals surface area contributed by atoms with Crippen molar-refractivity contribution >= 4 is 11.8 Å². The molecule has 1 unspecified atom stereocenters. The highest BCUT2D eigenvalue weighted by Gasteiger charge is 2.26. The average molecular weight is 286 g/mol. The van der Waals surface area contributed by atoms with E-state index < -0.39 is 6.04 Å². The van der Waals surface area contributed by atoms with Crippen LogP contribution in [0.25, 0.3) is 0 Å². The number of carbonyl (C=O) groups excluding carboxylic acids is 2. The first kappa shape index (κ1) is 15.1. The molecule has 1 atom stereocenters. The lowest BCUT2D eigenvalue weighted by Gasteiger charge is -2.13. The van der Waals surface area contributed by atoms with E-state index in [0.717, 1.165) is 12.8 Å². The van der Waals surface area contributed by atoms with Gasteiger partial charge in [-0.1, -0.05) is 17.9 Å². The Balaban J connectivity index is 1.97. The monoisotopic (exact) mass is 286 g/mol. The quantitative estimate of drug-likeness (QED) is 0.702. The summed E-state index contributed by atoms with van der Waals surface area (Å²) in [5.74, 6) is 4.79. The summed E-state index contributed by atoms with van der Waals surface area (Å²) in [5.41, 5.74) is 1.08. The summed E-state index contributed by atoms with van der Waals surface area (Å²) in [6.07, 6.45) is 2.02. The number of amides is 2. The summed E-state index contributed by atoms with van der Waals surface area (Å²) in [6.45, 7) is 1.43. The molecule has 1 aliphatic carbocycles. The molecule has 0 aliphatic heterocycles. The number of benzene rings is 1. The van der Waals surface area contributed by atoms with Gasteiger partial charge < -0.3 is 15.7 Å². The number of rotatable bonds is 4. The Morgan fingerprint density at radius 1 is 1.43 bits per heavy atom. The van der Waals surface area contributed by atoms with Crippen molar-refractivity contribution in [1.29, 1.82) is 0 Å². The average Bonchev–Trinajstić information content (AvgIpc) is 3.29. The molecule has 1 fully saturated rings. The summed E-state index contributed by atoms with van der Waals surface area (Å²) in [4.78, 5) is 23.9. The summed E-state index contributed by atoms with van der Waals surface area (Å²) in [7, 11) is 0. The van der Waals surface area contributed by atoms with Gasteiger partial charge in [-0.25, -0.2) is 0 Å². The second-order valence-electron chi connectivity index (χ2n) is 5.02. The van der Waals surface area contributed by atoms with Crippen molar-refractivity contribution < 1.29 is 14.7 Å². The Kier molecular flexibility index (Phi) is 4.96. The van der Waals surface area contributed by atoms with E-state index in [1.54, 1.807) is 31.2 Å². The molecule has 110 valence electrons. The molecule has 0 heterocycles.